The molecule has 0 aliphatic rings. The van der Waals surface area contributed by atoms with Crippen LogP contribution in [0.15, 0.2) is 18.2 Å². The monoisotopic (exact) mass is 275 g/mol. The molecule has 14 heavy (non-hydrogen) atoms. The molecule has 1 aromatic carbocycles. The Morgan fingerprint density at radius 1 is 1.50 bits per heavy atom. The molecule has 0 aliphatic heterocycles. The fourth-order valence-electron chi connectivity index (χ4n) is 1.19. The Bertz CT molecular complexity index is 477. The molecule has 0 amide bonds. The molecule has 1 heterocycles. The van der Waals surface area contributed by atoms with Crippen LogP contribution in [-0.4, -0.2) is 11.6 Å². The molecule has 2 aromatic rings. The van der Waals surface area contributed by atoms with Crippen molar-refractivity contribution in [2.75, 3.05) is 6.61 Å². The van der Waals surface area contributed by atoms with Crippen LogP contribution in [0, 0.1) is 3.95 Å². The zero-order valence-corrected chi connectivity index (χ0v) is 12.5. The molecule has 5 heteroatoms. The first kappa shape index (κ1) is 11.8. The Morgan fingerprint density at radius 3 is 3.00 bits per heavy atom. The number of aromatic nitrogens is 1. The van der Waals surface area contributed by atoms with E-state index in [2.05, 4.69) is 4.98 Å². The average Bonchev–Trinajstić information content (AvgIpc) is 2.44. The molecule has 1 aromatic heterocycles. The van der Waals surface area contributed by atoms with Crippen molar-refractivity contribution in [3.8, 4) is 5.75 Å². The van der Waals surface area contributed by atoms with Gasteiger partial charge in [0.2, 0.25) is 0 Å². The Hall–Kier alpha value is -0.247. The average molecular weight is 277 g/mol. The number of H-pyrrole nitrogens is 1. The number of benzene rings is 1. The van der Waals surface area contributed by atoms with Crippen LogP contribution < -0.4 is 4.74 Å². The number of ether oxygens (including phenoxy) is 1. The summed E-state index contributed by atoms with van der Waals surface area (Å²) in [5, 5.41) is 0. The van der Waals surface area contributed by atoms with Gasteiger partial charge >= 0.3 is 0 Å². The number of rotatable bonds is 2. The van der Waals surface area contributed by atoms with Gasteiger partial charge in [-0.3, -0.25) is 0 Å². The number of thiazole rings is 1. The largest absolute Gasteiger partial charge is 0.494 e. The molecule has 0 unspecified atom stereocenters. The van der Waals surface area contributed by atoms with Gasteiger partial charge in [0.25, 0.3) is 0 Å². The van der Waals surface area contributed by atoms with Gasteiger partial charge in [-0.15, -0.1) is 11.3 Å². The van der Waals surface area contributed by atoms with E-state index in [1.807, 2.05) is 25.1 Å². The van der Waals surface area contributed by atoms with Gasteiger partial charge in [0.1, 0.15) is 5.75 Å². The standard InChI is InChI=1S/C9H9NOS2.Zn/c1-2-11-6-3-4-8-7(5-6)10-9(12)13-8;/h3-5H,2H2,1H3,(H,10,12);. The van der Waals surface area contributed by atoms with E-state index in [0.29, 0.717) is 6.61 Å². The molecule has 0 radical (unpaired) electrons. The van der Waals surface area contributed by atoms with E-state index < -0.39 is 0 Å². The number of aromatic amines is 1. The van der Waals surface area contributed by atoms with Crippen molar-refractivity contribution in [2.45, 2.75) is 6.92 Å². The van der Waals surface area contributed by atoms with Gasteiger partial charge < -0.3 is 9.72 Å². The van der Waals surface area contributed by atoms with Gasteiger partial charge in [0.15, 0.2) is 3.95 Å². The van der Waals surface area contributed by atoms with E-state index in [1.165, 1.54) is 4.70 Å². The van der Waals surface area contributed by atoms with Crippen LogP contribution in [0.4, 0.5) is 0 Å². The summed E-state index contributed by atoms with van der Waals surface area (Å²) in [4.78, 5) is 3.11. The second-order valence-electron chi connectivity index (χ2n) is 2.61. The van der Waals surface area contributed by atoms with Crippen molar-refractivity contribution >= 4 is 33.8 Å². The van der Waals surface area contributed by atoms with Crippen molar-refractivity contribution in [3.05, 3.63) is 22.2 Å². The molecule has 70 valence electrons. The summed E-state index contributed by atoms with van der Waals surface area (Å²) in [6.45, 7) is 2.66. The van der Waals surface area contributed by atoms with Crippen LogP contribution in [0.2, 0.25) is 0 Å². The zero-order valence-electron chi connectivity index (χ0n) is 7.87. The summed E-state index contributed by atoms with van der Waals surface area (Å²) in [5.41, 5.74) is 1.06. The van der Waals surface area contributed by atoms with Crippen molar-refractivity contribution in [2.24, 2.45) is 0 Å². The van der Waals surface area contributed by atoms with Crippen LogP contribution >= 0.6 is 23.6 Å². The number of hydrogen-bond donors (Lipinski definition) is 1. The third kappa shape index (κ3) is 2.41. The molecular formula is C9H9NOS2Zn. The fourth-order valence-corrected chi connectivity index (χ4v) is 2.28. The summed E-state index contributed by atoms with van der Waals surface area (Å²) in [6, 6.07) is 5.97. The molecule has 0 aliphatic carbocycles. The fraction of sp³-hybridized carbons (Fsp3) is 0.222. The first-order chi connectivity index (χ1) is 6.29. The van der Waals surface area contributed by atoms with Crippen LogP contribution in [0.5, 0.6) is 5.75 Å². The topological polar surface area (TPSA) is 25.0 Å². The minimum Gasteiger partial charge on any atom is -0.494 e. The summed E-state index contributed by atoms with van der Waals surface area (Å²) < 4.78 is 7.36. The van der Waals surface area contributed by atoms with E-state index in [4.69, 9.17) is 17.0 Å². The van der Waals surface area contributed by atoms with Crippen molar-refractivity contribution in [1.29, 1.82) is 0 Å². The first-order valence-corrected chi connectivity index (χ1v) is 5.28. The molecular weight excluding hydrogens is 268 g/mol. The number of hydrogen-bond acceptors (Lipinski definition) is 3. The Morgan fingerprint density at radius 2 is 2.29 bits per heavy atom. The van der Waals surface area contributed by atoms with Gasteiger partial charge in [-0.05, 0) is 31.3 Å². The smallest absolute Gasteiger partial charge is 0.159 e. The van der Waals surface area contributed by atoms with E-state index in [-0.39, 0.29) is 19.5 Å². The van der Waals surface area contributed by atoms with Crippen molar-refractivity contribution < 1.29 is 24.2 Å². The maximum atomic E-state index is 5.37. The molecule has 0 fully saturated rings. The third-order valence-corrected chi connectivity index (χ3v) is 2.92. The second-order valence-corrected chi connectivity index (χ2v) is 4.32. The third-order valence-electron chi connectivity index (χ3n) is 1.70. The molecule has 0 saturated heterocycles. The maximum absolute atomic E-state index is 5.37. The minimum absolute atomic E-state index is 0. The van der Waals surface area contributed by atoms with Crippen molar-refractivity contribution in [1.82, 2.24) is 4.98 Å². The van der Waals surface area contributed by atoms with Crippen LogP contribution in [0.1, 0.15) is 6.92 Å². The quantitative estimate of drug-likeness (QED) is 0.672. The molecule has 0 atom stereocenters. The molecule has 1 N–H and O–H groups in total. The van der Waals surface area contributed by atoms with E-state index in [1.54, 1.807) is 11.3 Å². The predicted octanol–water partition coefficient (Wildman–Crippen LogP) is 3.36. The predicted molar refractivity (Wildman–Crippen MR) is 58.2 cm³/mol. The van der Waals surface area contributed by atoms with Gasteiger partial charge in [0, 0.05) is 25.5 Å². The first-order valence-electron chi connectivity index (χ1n) is 4.05. The number of fused-ring (bicyclic) bond motifs is 1. The SMILES string of the molecule is CCOc1ccc2sc(=S)[nH]c2c1.[Zn]. The normalized spacial score (nSPS) is 9.79. The van der Waals surface area contributed by atoms with Gasteiger partial charge in [0.05, 0.1) is 16.8 Å². The van der Waals surface area contributed by atoms with E-state index in [0.717, 1.165) is 15.2 Å². The Labute approximate surface area is 104 Å². The van der Waals surface area contributed by atoms with Crippen LogP contribution in [0.25, 0.3) is 10.2 Å². The summed E-state index contributed by atoms with van der Waals surface area (Å²) in [6.07, 6.45) is 0. The minimum atomic E-state index is 0. The molecule has 2 nitrogen and oxygen atoms in total. The Kier molecular flexibility index (Phi) is 4.23. The summed E-state index contributed by atoms with van der Waals surface area (Å²) in [5.74, 6) is 0.888. The molecule has 0 saturated carbocycles. The number of nitrogens with one attached hydrogen (secondary N) is 1. The van der Waals surface area contributed by atoms with Gasteiger partial charge in [-0.2, -0.15) is 0 Å². The molecule has 0 bridgehead atoms. The molecule has 2 rings (SSSR count). The summed E-state index contributed by atoms with van der Waals surface area (Å²) in [7, 11) is 0. The van der Waals surface area contributed by atoms with E-state index >= 15 is 0 Å². The van der Waals surface area contributed by atoms with Crippen LogP contribution in [0.3, 0.4) is 0 Å². The van der Waals surface area contributed by atoms with Gasteiger partial charge in [-0.25, -0.2) is 0 Å². The van der Waals surface area contributed by atoms with Crippen molar-refractivity contribution in [3.63, 3.8) is 0 Å². The maximum Gasteiger partial charge on any atom is 0.159 e. The molecule has 0 spiro atoms. The summed E-state index contributed by atoms with van der Waals surface area (Å²) >= 11 is 6.63. The van der Waals surface area contributed by atoms with E-state index in [9.17, 15) is 0 Å². The van der Waals surface area contributed by atoms with Crippen LogP contribution in [-0.2, 0) is 19.5 Å². The Balaban J connectivity index is 0.000000980. The van der Waals surface area contributed by atoms with Gasteiger partial charge in [-0.1, -0.05) is 0 Å². The zero-order chi connectivity index (χ0) is 9.26. The second kappa shape index (κ2) is 5.01.